The van der Waals surface area contributed by atoms with Crippen LogP contribution in [0.2, 0.25) is 0 Å². The van der Waals surface area contributed by atoms with Crippen molar-refractivity contribution in [2.24, 2.45) is 0 Å². The molecule has 1 aromatic rings. The van der Waals surface area contributed by atoms with Gasteiger partial charge in [-0.15, -0.1) is 0 Å². The summed E-state index contributed by atoms with van der Waals surface area (Å²) in [5, 5.41) is 8.40. The van der Waals surface area contributed by atoms with Crippen LogP contribution in [0.15, 0.2) is 30.3 Å². The van der Waals surface area contributed by atoms with Crippen LogP contribution in [0.5, 0.6) is 0 Å². The standard InChI is InChI=1S/C10H14O4S/c1-10(2,11)9(15(12,13)14)8-6-4-3-5-7-8/h3-7,9,11H,1-2H3,(H,12,13,14). The predicted molar refractivity (Wildman–Crippen MR) is 57.0 cm³/mol. The number of aliphatic hydroxyl groups is 1. The topological polar surface area (TPSA) is 74.6 Å². The summed E-state index contributed by atoms with van der Waals surface area (Å²) in [6, 6.07) is 8.14. The SMILES string of the molecule is CC(C)(O)C(c1ccccc1)S(=O)(=O)O. The van der Waals surface area contributed by atoms with Gasteiger partial charge in [-0.2, -0.15) is 8.42 Å². The van der Waals surface area contributed by atoms with Crippen molar-refractivity contribution < 1.29 is 18.1 Å². The highest BCUT2D eigenvalue weighted by atomic mass is 32.2. The first-order valence-electron chi connectivity index (χ1n) is 4.46. The molecule has 4 nitrogen and oxygen atoms in total. The Labute approximate surface area is 89.3 Å². The van der Waals surface area contributed by atoms with Gasteiger partial charge in [-0.25, -0.2) is 0 Å². The molecule has 2 N–H and O–H groups in total. The Morgan fingerprint density at radius 2 is 1.67 bits per heavy atom. The minimum Gasteiger partial charge on any atom is -0.389 e. The van der Waals surface area contributed by atoms with E-state index in [0.29, 0.717) is 5.56 Å². The Morgan fingerprint density at radius 1 is 1.20 bits per heavy atom. The van der Waals surface area contributed by atoms with Crippen LogP contribution in [0.25, 0.3) is 0 Å². The Kier molecular flexibility index (Phi) is 3.18. The molecule has 5 heteroatoms. The highest BCUT2D eigenvalue weighted by Gasteiger charge is 2.38. The molecule has 84 valence electrons. The number of benzene rings is 1. The lowest BCUT2D eigenvalue weighted by molar-refractivity contribution is 0.0722. The van der Waals surface area contributed by atoms with Gasteiger partial charge < -0.3 is 5.11 Å². The molecule has 0 aliphatic heterocycles. The van der Waals surface area contributed by atoms with E-state index >= 15 is 0 Å². The summed E-state index contributed by atoms with van der Waals surface area (Å²) in [6.45, 7) is 2.69. The van der Waals surface area contributed by atoms with Gasteiger partial charge in [-0.05, 0) is 19.4 Å². The molecule has 0 saturated heterocycles. The summed E-state index contributed by atoms with van der Waals surface area (Å²) in [5.41, 5.74) is -1.16. The highest BCUT2D eigenvalue weighted by Crippen LogP contribution is 2.32. The van der Waals surface area contributed by atoms with Gasteiger partial charge in [0, 0.05) is 0 Å². The van der Waals surface area contributed by atoms with Gasteiger partial charge in [0.1, 0.15) is 5.25 Å². The molecule has 0 saturated carbocycles. The molecule has 0 spiro atoms. The average Bonchev–Trinajstić information content (AvgIpc) is 2.00. The molecule has 0 fully saturated rings. The van der Waals surface area contributed by atoms with E-state index in [-0.39, 0.29) is 0 Å². The van der Waals surface area contributed by atoms with Crippen molar-refractivity contribution in [2.45, 2.75) is 24.7 Å². The van der Waals surface area contributed by atoms with Gasteiger partial charge >= 0.3 is 0 Å². The van der Waals surface area contributed by atoms with E-state index in [0.717, 1.165) is 0 Å². The van der Waals surface area contributed by atoms with Gasteiger partial charge in [0.05, 0.1) is 5.60 Å². The second-order valence-corrected chi connectivity index (χ2v) is 5.46. The second kappa shape index (κ2) is 3.92. The molecule has 1 atom stereocenters. The molecule has 0 heterocycles. The lowest BCUT2D eigenvalue weighted by Gasteiger charge is -2.26. The van der Waals surface area contributed by atoms with Crippen molar-refractivity contribution in [2.75, 3.05) is 0 Å². The van der Waals surface area contributed by atoms with Crippen molar-refractivity contribution in [3.63, 3.8) is 0 Å². The molecule has 1 unspecified atom stereocenters. The van der Waals surface area contributed by atoms with Gasteiger partial charge in [-0.1, -0.05) is 30.3 Å². The normalized spacial score (nSPS) is 14.9. The Hall–Kier alpha value is -0.910. The van der Waals surface area contributed by atoms with Crippen LogP contribution >= 0.6 is 0 Å². The summed E-state index contributed by atoms with van der Waals surface area (Å²) in [6.07, 6.45) is 0. The molecule has 0 radical (unpaired) electrons. The van der Waals surface area contributed by atoms with Crippen molar-refractivity contribution in [3.05, 3.63) is 35.9 Å². The van der Waals surface area contributed by atoms with Crippen molar-refractivity contribution in [3.8, 4) is 0 Å². The van der Waals surface area contributed by atoms with Gasteiger partial charge in [-0.3, -0.25) is 4.55 Å². The molecule has 15 heavy (non-hydrogen) atoms. The van der Waals surface area contributed by atoms with Crippen molar-refractivity contribution >= 4 is 10.1 Å². The molecular weight excluding hydrogens is 216 g/mol. The minimum atomic E-state index is -4.33. The largest absolute Gasteiger partial charge is 0.389 e. The second-order valence-electron chi connectivity index (χ2n) is 3.96. The molecule has 0 amide bonds. The zero-order valence-corrected chi connectivity index (χ0v) is 9.40. The van der Waals surface area contributed by atoms with Crippen LogP contribution in [0.1, 0.15) is 24.7 Å². The van der Waals surface area contributed by atoms with E-state index in [4.69, 9.17) is 4.55 Å². The maximum Gasteiger partial charge on any atom is 0.274 e. The lowest BCUT2D eigenvalue weighted by atomic mass is 9.98. The van der Waals surface area contributed by atoms with Crippen LogP contribution in [-0.2, 0) is 10.1 Å². The fourth-order valence-electron chi connectivity index (χ4n) is 1.57. The maximum atomic E-state index is 11.2. The highest BCUT2D eigenvalue weighted by molar-refractivity contribution is 7.86. The average molecular weight is 230 g/mol. The first-order chi connectivity index (χ1) is 6.73. The molecule has 0 aromatic heterocycles. The Morgan fingerprint density at radius 3 is 2.00 bits per heavy atom. The fourth-order valence-corrected chi connectivity index (χ4v) is 2.80. The van der Waals surface area contributed by atoms with Crippen LogP contribution < -0.4 is 0 Å². The first kappa shape index (κ1) is 12.2. The van der Waals surface area contributed by atoms with Gasteiger partial charge in [0.25, 0.3) is 10.1 Å². The van der Waals surface area contributed by atoms with Crippen LogP contribution in [-0.4, -0.2) is 23.7 Å². The van der Waals surface area contributed by atoms with E-state index in [2.05, 4.69) is 0 Å². The summed E-state index contributed by atoms with van der Waals surface area (Å²) < 4.78 is 31.4. The summed E-state index contributed by atoms with van der Waals surface area (Å²) in [5.74, 6) is 0. The summed E-state index contributed by atoms with van der Waals surface area (Å²) >= 11 is 0. The molecule has 0 aliphatic rings. The van der Waals surface area contributed by atoms with E-state index in [9.17, 15) is 13.5 Å². The van der Waals surface area contributed by atoms with Crippen molar-refractivity contribution in [1.29, 1.82) is 0 Å². The maximum absolute atomic E-state index is 11.2. The molecule has 0 bridgehead atoms. The first-order valence-corrected chi connectivity index (χ1v) is 5.97. The van der Waals surface area contributed by atoms with Crippen molar-refractivity contribution in [1.82, 2.24) is 0 Å². The van der Waals surface area contributed by atoms with E-state index in [1.807, 2.05) is 0 Å². The van der Waals surface area contributed by atoms with Crippen LogP contribution in [0.4, 0.5) is 0 Å². The van der Waals surface area contributed by atoms with E-state index < -0.39 is 21.0 Å². The Balaban J connectivity index is 3.27. The van der Waals surface area contributed by atoms with Crippen LogP contribution in [0, 0.1) is 0 Å². The monoisotopic (exact) mass is 230 g/mol. The quantitative estimate of drug-likeness (QED) is 0.769. The molecular formula is C10H14O4S. The minimum absolute atomic E-state index is 0.368. The van der Waals surface area contributed by atoms with Crippen LogP contribution in [0.3, 0.4) is 0 Å². The lowest BCUT2D eigenvalue weighted by Crippen LogP contribution is -2.34. The van der Waals surface area contributed by atoms with Gasteiger partial charge in [0.2, 0.25) is 0 Å². The van der Waals surface area contributed by atoms with Gasteiger partial charge in [0.15, 0.2) is 0 Å². The van der Waals surface area contributed by atoms with E-state index in [1.54, 1.807) is 30.3 Å². The number of hydrogen-bond acceptors (Lipinski definition) is 3. The predicted octanol–water partition coefficient (Wildman–Crippen LogP) is 1.39. The zero-order chi connectivity index (χ0) is 11.7. The number of rotatable bonds is 3. The third-order valence-corrected chi connectivity index (χ3v) is 3.49. The third kappa shape index (κ3) is 3.02. The summed E-state index contributed by atoms with van der Waals surface area (Å²) in [7, 11) is -4.33. The summed E-state index contributed by atoms with van der Waals surface area (Å²) in [4.78, 5) is 0. The number of hydrogen-bond donors (Lipinski definition) is 2. The zero-order valence-electron chi connectivity index (χ0n) is 8.58. The Bertz CT molecular complexity index is 416. The molecule has 0 aliphatic carbocycles. The molecule has 1 rings (SSSR count). The molecule has 1 aromatic carbocycles. The van der Waals surface area contributed by atoms with E-state index in [1.165, 1.54) is 13.8 Å². The third-order valence-electron chi connectivity index (χ3n) is 2.04. The smallest absolute Gasteiger partial charge is 0.274 e. The fraction of sp³-hybridized carbons (Fsp3) is 0.400.